The van der Waals surface area contributed by atoms with Crippen LogP contribution in [-0.4, -0.2) is 19.0 Å². The van der Waals surface area contributed by atoms with Crippen LogP contribution in [0.15, 0.2) is 66.7 Å². The molecule has 5 heteroatoms. The van der Waals surface area contributed by atoms with Crippen LogP contribution in [0.3, 0.4) is 0 Å². The van der Waals surface area contributed by atoms with Crippen molar-refractivity contribution in [2.75, 3.05) is 12.4 Å². The first-order valence-corrected chi connectivity index (χ1v) is 7.92. The van der Waals surface area contributed by atoms with Crippen molar-refractivity contribution in [1.29, 1.82) is 0 Å². The second kappa shape index (κ2) is 7.61. The molecule has 0 aliphatic carbocycles. The van der Waals surface area contributed by atoms with Gasteiger partial charge in [-0.15, -0.1) is 0 Å². The number of fused-ring (bicyclic) bond motifs is 1. The van der Waals surface area contributed by atoms with Crippen molar-refractivity contribution in [2.24, 2.45) is 0 Å². The Morgan fingerprint density at radius 1 is 1.00 bits per heavy atom. The number of hydrogen-bond acceptors (Lipinski definition) is 3. The van der Waals surface area contributed by atoms with Gasteiger partial charge in [-0.2, -0.15) is 0 Å². The molecule has 0 bridgehead atoms. The standard InChI is InChI=1S/C21H16FNO3/c1-26-21(25)18-4-2-3-5-19(18)23-20(24)11-7-14-6-8-16-13-17(22)10-9-15(16)12-14/h2-13H,1H3,(H,23,24)/b11-7+. The van der Waals surface area contributed by atoms with Crippen LogP contribution >= 0.6 is 0 Å². The molecule has 0 saturated carbocycles. The molecule has 0 saturated heterocycles. The van der Waals surface area contributed by atoms with Gasteiger partial charge in [-0.3, -0.25) is 4.79 Å². The summed E-state index contributed by atoms with van der Waals surface area (Å²) in [5.41, 5.74) is 1.47. The first-order valence-electron chi connectivity index (χ1n) is 7.92. The van der Waals surface area contributed by atoms with Gasteiger partial charge in [0.15, 0.2) is 0 Å². The fourth-order valence-electron chi connectivity index (χ4n) is 2.57. The Labute approximate surface area is 149 Å². The van der Waals surface area contributed by atoms with E-state index in [-0.39, 0.29) is 17.3 Å². The van der Waals surface area contributed by atoms with Crippen LogP contribution in [0.4, 0.5) is 10.1 Å². The molecule has 0 spiro atoms. The fourth-order valence-corrected chi connectivity index (χ4v) is 2.57. The number of para-hydroxylation sites is 1. The maximum absolute atomic E-state index is 13.2. The summed E-state index contributed by atoms with van der Waals surface area (Å²) in [7, 11) is 1.28. The van der Waals surface area contributed by atoms with Gasteiger partial charge in [0.2, 0.25) is 5.91 Å². The number of nitrogens with one attached hydrogen (secondary N) is 1. The van der Waals surface area contributed by atoms with Crippen LogP contribution in [0, 0.1) is 5.82 Å². The highest BCUT2D eigenvalue weighted by Crippen LogP contribution is 2.19. The first-order chi connectivity index (χ1) is 12.6. The zero-order valence-electron chi connectivity index (χ0n) is 14.0. The Morgan fingerprint density at radius 2 is 1.73 bits per heavy atom. The molecule has 3 aromatic carbocycles. The normalized spacial score (nSPS) is 10.8. The number of halogens is 1. The molecule has 0 aliphatic heterocycles. The van der Waals surface area contributed by atoms with Crippen LogP contribution in [-0.2, 0) is 9.53 Å². The molecule has 0 aliphatic rings. The maximum Gasteiger partial charge on any atom is 0.339 e. The zero-order valence-corrected chi connectivity index (χ0v) is 14.0. The van der Waals surface area contributed by atoms with E-state index in [1.807, 2.05) is 6.07 Å². The number of carbonyl (C=O) groups excluding carboxylic acids is 2. The molecule has 0 heterocycles. The predicted octanol–water partition coefficient (Wildman–Crippen LogP) is 4.42. The highest BCUT2D eigenvalue weighted by molar-refractivity contribution is 6.06. The fraction of sp³-hybridized carbons (Fsp3) is 0.0476. The van der Waals surface area contributed by atoms with E-state index in [0.717, 1.165) is 16.3 Å². The minimum Gasteiger partial charge on any atom is -0.465 e. The van der Waals surface area contributed by atoms with Gasteiger partial charge < -0.3 is 10.1 Å². The van der Waals surface area contributed by atoms with E-state index in [1.54, 1.807) is 48.5 Å². The summed E-state index contributed by atoms with van der Waals surface area (Å²) in [4.78, 5) is 23.9. The Morgan fingerprint density at radius 3 is 2.54 bits per heavy atom. The third-order valence-corrected chi connectivity index (χ3v) is 3.84. The summed E-state index contributed by atoms with van der Waals surface area (Å²) in [5.74, 6) is -1.18. The van der Waals surface area contributed by atoms with E-state index >= 15 is 0 Å². The molecule has 0 unspecified atom stereocenters. The van der Waals surface area contributed by atoms with Crippen LogP contribution < -0.4 is 5.32 Å². The number of methoxy groups -OCH3 is 1. The lowest BCUT2D eigenvalue weighted by molar-refractivity contribution is -0.111. The Kier molecular flexibility index (Phi) is 5.08. The van der Waals surface area contributed by atoms with Crippen LogP contribution in [0.2, 0.25) is 0 Å². The number of carbonyl (C=O) groups is 2. The SMILES string of the molecule is COC(=O)c1ccccc1NC(=O)/C=C/c1ccc2cc(F)ccc2c1. The van der Waals surface area contributed by atoms with E-state index in [1.165, 1.54) is 25.3 Å². The van der Waals surface area contributed by atoms with Crippen LogP contribution in [0.1, 0.15) is 15.9 Å². The highest BCUT2D eigenvalue weighted by Gasteiger charge is 2.11. The minimum atomic E-state index is -0.522. The van der Waals surface area contributed by atoms with Gasteiger partial charge in [-0.1, -0.05) is 30.3 Å². The van der Waals surface area contributed by atoms with E-state index in [0.29, 0.717) is 5.69 Å². The smallest absolute Gasteiger partial charge is 0.339 e. The lowest BCUT2D eigenvalue weighted by Gasteiger charge is -2.07. The number of anilines is 1. The third-order valence-electron chi connectivity index (χ3n) is 3.84. The Hall–Kier alpha value is -3.47. The summed E-state index contributed by atoms with van der Waals surface area (Å²) in [6, 6.07) is 16.6. The van der Waals surface area contributed by atoms with Gasteiger partial charge in [0, 0.05) is 6.08 Å². The molecule has 130 valence electrons. The van der Waals surface area contributed by atoms with Gasteiger partial charge >= 0.3 is 5.97 Å². The molecular weight excluding hydrogens is 333 g/mol. The van der Waals surface area contributed by atoms with Gasteiger partial charge in [0.1, 0.15) is 5.82 Å². The van der Waals surface area contributed by atoms with Crippen molar-refractivity contribution in [3.63, 3.8) is 0 Å². The third kappa shape index (κ3) is 3.95. The lowest BCUT2D eigenvalue weighted by atomic mass is 10.1. The zero-order chi connectivity index (χ0) is 18.5. The van der Waals surface area contributed by atoms with Gasteiger partial charge in [0.05, 0.1) is 18.4 Å². The van der Waals surface area contributed by atoms with Crippen LogP contribution in [0.25, 0.3) is 16.8 Å². The van der Waals surface area contributed by atoms with Gasteiger partial charge in [-0.25, -0.2) is 9.18 Å². The quantitative estimate of drug-likeness (QED) is 0.560. The molecule has 1 N–H and O–H groups in total. The highest BCUT2D eigenvalue weighted by atomic mass is 19.1. The Balaban J connectivity index is 1.76. The molecule has 1 amide bonds. The van der Waals surface area contributed by atoms with Crippen LogP contribution in [0.5, 0.6) is 0 Å². The molecule has 3 aromatic rings. The topological polar surface area (TPSA) is 55.4 Å². The summed E-state index contributed by atoms with van der Waals surface area (Å²) < 4.78 is 17.9. The molecule has 0 radical (unpaired) electrons. The summed E-state index contributed by atoms with van der Waals surface area (Å²) >= 11 is 0. The molecule has 26 heavy (non-hydrogen) atoms. The number of ether oxygens (including phenoxy) is 1. The second-order valence-corrected chi connectivity index (χ2v) is 5.61. The lowest BCUT2D eigenvalue weighted by Crippen LogP contribution is -2.12. The molecule has 0 aromatic heterocycles. The average Bonchev–Trinajstić information content (AvgIpc) is 2.66. The van der Waals surface area contributed by atoms with Crippen molar-refractivity contribution in [1.82, 2.24) is 0 Å². The number of esters is 1. The Bertz CT molecular complexity index is 1010. The number of amides is 1. The van der Waals surface area contributed by atoms with Crippen molar-refractivity contribution >= 4 is 34.4 Å². The molecular formula is C21H16FNO3. The summed E-state index contributed by atoms with van der Waals surface area (Å²) in [6.07, 6.45) is 3.03. The van der Waals surface area contributed by atoms with Gasteiger partial charge in [0.25, 0.3) is 0 Å². The number of rotatable bonds is 4. The molecule has 3 rings (SSSR count). The first kappa shape index (κ1) is 17.4. The van der Waals surface area contributed by atoms with E-state index < -0.39 is 5.97 Å². The van der Waals surface area contributed by atoms with Crippen molar-refractivity contribution in [3.8, 4) is 0 Å². The van der Waals surface area contributed by atoms with Gasteiger partial charge in [-0.05, 0) is 52.7 Å². The monoisotopic (exact) mass is 349 g/mol. The summed E-state index contributed by atoms with van der Waals surface area (Å²) in [6.45, 7) is 0. The molecule has 0 atom stereocenters. The largest absolute Gasteiger partial charge is 0.465 e. The maximum atomic E-state index is 13.2. The van der Waals surface area contributed by atoms with Crippen molar-refractivity contribution in [2.45, 2.75) is 0 Å². The predicted molar refractivity (Wildman–Crippen MR) is 99.4 cm³/mol. The second-order valence-electron chi connectivity index (χ2n) is 5.61. The van der Waals surface area contributed by atoms with Crippen molar-refractivity contribution < 1.29 is 18.7 Å². The number of benzene rings is 3. The van der Waals surface area contributed by atoms with Crippen molar-refractivity contribution in [3.05, 3.63) is 83.7 Å². The molecule has 4 nitrogen and oxygen atoms in total. The number of hydrogen-bond donors (Lipinski definition) is 1. The molecule has 0 fully saturated rings. The minimum absolute atomic E-state index is 0.282. The van der Waals surface area contributed by atoms with E-state index in [4.69, 9.17) is 4.74 Å². The average molecular weight is 349 g/mol. The van der Waals surface area contributed by atoms with E-state index in [2.05, 4.69) is 5.32 Å². The summed E-state index contributed by atoms with van der Waals surface area (Å²) in [5, 5.41) is 4.33. The van der Waals surface area contributed by atoms with E-state index in [9.17, 15) is 14.0 Å².